The molecule has 0 aromatic heterocycles. The van der Waals surface area contributed by atoms with E-state index in [1.807, 2.05) is 51.1 Å². The molecule has 3 rings (SSSR count). The zero-order chi connectivity index (χ0) is 29.7. The largest absolute Gasteiger partial charge is 0.350 e. The van der Waals surface area contributed by atoms with Crippen molar-refractivity contribution < 1.29 is 22.4 Å². The molecule has 7 nitrogen and oxygen atoms in total. The van der Waals surface area contributed by atoms with Crippen LogP contribution in [-0.4, -0.2) is 49.5 Å². The predicted molar refractivity (Wildman–Crippen MR) is 157 cm³/mol. The molecule has 3 aromatic rings. The van der Waals surface area contributed by atoms with E-state index in [2.05, 4.69) is 5.32 Å². The quantitative estimate of drug-likeness (QED) is 0.332. The number of nitrogens with one attached hydrogen (secondary N) is 1. The van der Waals surface area contributed by atoms with Crippen LogP contribution >= 0.6 is 23.2 Å². The molecule has 0 aliphatic carbocycles. The second-order valence-electron chi connectivity index (χ2n) is 10.5. The third-order valence-electron chi connectivity index (χ3n) is 5.85. The number of halogens is 3. The molecule has 1 N–H and O–H groups in total. The van der Waals surface area contributed by atoms with Crippen LogP contribution in [0, 0.1) is 5.82 Å². The van der Waals surface area contributed by atoms with E-state index in [-0.39, 0.29) is 28.7 Å². The molecule has 0 saturated heterocycles. The maximum absolute atomic E-state index is 14.0. The Hall–Kier alpha value is -3.14. The van der Waals surface area contributed by atoms with Crippen molar-refractivity contribution in [1.29, 1.82) is 0 Å². The normalized spacial score (nSPS) is 12.5. The summed E-state index contributed by atoms with van der Waals surface area (Å²) < 4.78 is 40.2. The Morgan fingerprint density at radius 1 is 0.925 bits per heavy atom. The SMILES string of the molecule is CC(C)(C)NC(=O)[C@@H](Cc1ccccc1)N(Cc1ccc(F)cc1)C(=O)CN(c1cc(Cl)cc(Cl)c1)S(C)(=O)=O. The highest BCUT2D eigenvalue weighted by molar-refractivity contribution is 7.92. The van der Waals surface area contributed by atoms with Crippen molar-refractivity contribution in [1.82, 2.24) is 10.2 Å². The third-order valence-corrected chi connectivity index (χ3v) is 7.43. The average Bonchev–Trinajstić information content (AvgIpc) is 2.84. The molecule has 2 amide bonds. The Labute approximate surface area is 244 Å². The van der Waals surface area contributed by atoms with Crippen molar-refractivity contribution >= 4 is 50.7 Å². The van der Waals surface area contributed by atoms with Gasteiger partial charge < -0.3 is 10.2 Å². The van der Waals surface area contributed by atoms with Gasteiger partial charge >= 0.3 is 0 Å². The van der Waals surface area contributed by atoms with Crippen LogP contribution in [0.2, 0.25) is 10.0 Å². The van der Waals surface area contributed by atoms with E-state index in [4.69, 9.17) is 23.2 Å². The van der Waals surface area contributed by atoms with Crippen LogP contribution in [0.15, 0.2) is 72.8 Å². The molecule has 11 heteroatoms. The van der Waals surface area contributed by atoms with Gasteiger partial charge in [-0.05, 0) is 62.2 Å². The van der Waals surface area contributed by atoms with Crippen molar-refractivity contribution in [3.05, 3.63) is 99.8 Å². The summed E-state index contributed by atoms with van der Waals surface area (Å²) in [4.78, 5) is 29.0. The van der Waals surface area contributed by atoms with Gasteiger partial charge in [-0.25, -0.2) is 12.8 Å². The molecule has 3 aromatic carbocycles. The molecule has 0 unspecified atom stereocenters. The molecule has 40 heavy (non-hydrogen) atoms. The minimum Gasteiger partial charge on any atom is -0.350 e. The van der Waals surface area contributed by atoms with E-state index in [9.17, 15) is 22.4 Å². The van der Waals surface area contributed by atoms with Crippen LogP contribution in [0.5, 0.6) is 0 Å². The van der Waals surface area contributed by atoms with Gasteiger partial charge in [-0.1, -0.05) is 65.7 Å². The molecule has 0 heterocycles. The van der Waals surface area contributed by atoms with Gasteiger partial charge in [0.05, 0.1) is 11.9 Å². The summed E-state index contributed by atoms with van der Waals surface area (Å²) >= 11 is 12.2. The molecule has 214 valence electrons. The van der Waals surface area contributed by atoms with Gasteiger partial charge in [-0.3, -0.25) is 13.9 Å². The summed E-state index contributed by atoms with van der Waals surface area (Å²) in [6, 6.07) is 17.9. The first-order chi connectivity index (χ1) is 18.6. The Bertz CT molecular complexity index is 1430. The van der Waals surface area contributed by atoms with Crippen molar-refractivity contribution in [2.45, 2.75) is 45.3 Å². The maximum Gasteiger partial charge on any atom is 0.244 e. The lowest BCUT2D eigenvalue weighted by atomic mass is 10.0. The smallest absolute Gasteiger partial charge is 0.244 e. The van der Waals surface area contributed by atoms with Crippen LogP contribution in [0.4, 0.5) is 10.1 Å². The van der Waals surface area contributed by atoms with Gasteiger partial charge in [-0.15, -0.1) is 0 Å². The second kappa shape index (κ2) is 13.0. The Morgan fingerprint density at radius 3 is 2.02 bits per heavy atom. The zero-order valence-electron chi connectivity index (χ0n) is 22.7. The summed E-state index contributed by atoms with van der Waals surface area (Å²) in [5.41, 5.74) is 0.865. The van der Waals surface area contributed by atoms with Gasteiger partial charge in [0.1, 0.15) is 18.4 Å². The van der Waals surface area contributed by atoms with Crippen LogP contribution in [-0.2, 0) is 32.6 Å². The first kappa shape index (κ1) is 31.4. The lowest BCUT2D eigenvalue weighted by Gasteiger charge is -2.35. The van der Waals surface area contributed by atoms with Gasteiger partial charge in [0.15, 0.2) is 0 Å². The number of hydrogen-bond donors (Lipinski definition) is 1. The molecule has 0 spiro atoms. The lowest BCUT2D eigenvalue weighted by molar-refractivity contribution is -0.140. The van der Waals surface area contributed by atoms with Crippen LogP contribution < -0.4 is 9.62 Å². The molecular formula is C29H32Cl2FN3O4S. The fraction of sp³-hybridized carbons (Fsp3) is 0.310. The topological polar surface area (TPSA) is 86.8 Å². The van der Waals surface area contributed by atoms with Crippen LogP contribution in [0.1, 0.15) is 31.9 Å². The van der Waals surface area contributed by atoms with E-state index in [1.54, 1.807) is 0 Å². The van der Waals surface area contributed by atoms with E-state index >= 15 is 0 Å². The fourth-order valence-electron chi connectivity index (χ4n) is 4.09. The van der Waals surface area contributed by atoms with E-state index in [1.165, 1.54) is 47.4 Å². The number of sulfonamides is 1. The van der Waals surface area contributed by atoms with Crippen molar-refractivity contribution in [2.75, 3.05) is 17.1 Å². The first-order valence-electron chi connectivity index (χ1n) is 12.5. The van der Waals surface area contributed by atoms with Crippen LogP contribution in [0.25, 0.3) is 0 Å². The number of nitrogens with zero attached hydrogens (tertiary/aromatic N) is 2. The van der Waals surface area contributed by atoms with Crippen LogP contribution in [0.3, 0.4) is 0 Å². The van der Waals surface area contributed by atoms with E-state index < -0.39 is 45.8 Å². The molecule has 0 radical (unpaired) electrons. The maximum atomic E-state index is 14.0. The van der Waals surface area contributed by atoms with Crippen molar-refractivity contribution in [3.63, 3.8) is 0 Å². The molecule has 0 aliphatic rings. The fourth-order valence-corrected chi connectivity index (χ4v) is 5.44. The summed E-state index contributed by atoms with van der Waals surface area (Å²) in [6.07, 6.45) is 1.13. The predicted octanol–water partition coefficient (Wildman–Crippen LogP) is 5.45. The molecule has 0 saturated carbocycles. The highest BCUT2D eigenvalue weighted by Gasteiger charge is 2.34. The zero-order valence-corrected chi connectivity index (χ0v) is 25.0. The monoisotopic (exact) mass is 607 g/mol. The summed E-state index contributed by atoms with van der Waals surface area (Å²) in [7, 11) is -3.97. The number of amides is 2. The van der Waals surface area contributed by atoms with E-state index in [0.717, 1.165) is 16.1 Å². The molecule has 0 fully saturated rings. The lowest BCUT2D eigenvalue weighted by Crippen LogP contribution is -2.56. The summed E-state index contributed by atoms with van der Waals surface area (Å²) in [5.74, 6) is -1.51. The Morgan fingerprint density at radius 2 is 1.50 bits per heavy atom. The van der Waals surface area contributed by atoms with Gasteiger partial charge in [0, 0.05) is 28.5 Å². The number of anilines is 1. The Kier molecular flexibility index (Phi) is 10.2. The molecular weight excluding hydrogens is 576 g/mol. The van der Waals surface area contributed by atoms with Gasteiger partial charge in [0.2, 0.25) is 21.8 Å². The number of rotatable bonds is 10. The molecule has 1 atom stereocenters. The first-order valence-corrected chi connectivity index (χ1v) is 15.1. The second-order valence-corrected chi connectivity index (χ2v) is 13.3. The minimum absolute atomic E-state index is 0.0674. The number of hydrogen-bond acceptors (Lipinski definition) is 4. The highest BCUT2D eigenvalue weighted by atomic mass is 35.5. The number of carbonyl (C=O) groups excluding carboxylic acids is 2. The molecule has 0 bridgehead atoms. The summed E-state index contributed by atoms with van der Waals surface area (Å²) in [6.45, 7) is 4.79. The average molecular weight is 609 g/mol. The molecule has 0 aliphatic heterocycles. The third kappa shape index (κ3) is 9.21. The van der Waals surface area contributed by atoms with Gasteiger partial charge in [-0.2, -0.15) is 0 Å². The van der Waals surface area contributed by atoms with Crippen molar-refractivity contribution in [2.24, 2.45) is 0 Å². The standard InChI is InChI=1S/C29H32Cl2FN3O4S/c1-29(2,3)33-28(37)26(14-20-8-6-5-7-9-20)34(18-21-10-12-24(32)13-11-21)27(36)19-35(40(4,38)39)25-16-22(30)15-23(31)17-25/h5-13,15-17,26H,14,18-19H2,1-4H3,(H,33,37)/t26-/m1/s1. The summed E-state index contributed by atoms with van der Waals surface area (Å²) in [5, 5.41) is 3.33. The number of benzene rings is 3. The van der Waals surface area contributed by atoms with Crippen molar-refractivity contribution in [3.8, 4) is 0 Å². The minimum atomic E-state index is -3.97. The number of carbonyl (C=O) groups is 2. The van der Waals surface area contributed by atoms with E-state index in [0.29, 0.717) is 5.56 Å². The van der Waals surface area contributed by atoms with Gasteiger partial charge in [0.25, 0.3) is 0 Å². The highest BCUT2D eigenvalue weighted by Crippen LogP contribution is 2.27. The Balaban J connectivity index is 2.08.